The Morgan fingerprint density at radius 2 is 1.84 bits per heavy atom. The molecule has 1 aromatic heterocycles. The van der Waals surface area contributed by atoms with Crippen molar-refractivity contribution < 1.29 is 31.5 Å². The summed E-state index contributed by atoms with van der Waals surface area (Å²) < 4.78 is 64.4. The van der Waals surface area contributed by atoms with Crippen LogP contribution in [-0.4, -0.2) is 39.0 Å². The molecule has 2 aromatic carbocycles. The highest BCUT2D eigenvalue weighted by Crippen LogP contribution is 2.33. The summed E-state index contributed by atoms with van der Waals surface area (Å²) in [5.41, 5.74) is 6.67. The van der Waals surface area contributed by atoms with Gasteiger partial charge in [0.2, 0.25) is 10.0 Å². The number of halogens is 2. The van der Waals surface area contributed by atoms with Gasteiger partial charge in [-0.3, -0.25) is 4.72 Å². The molecule has 32 heavy (non-hydrogen) atoms. The molecule has 0 unspecified atom stereocenters. The van der Waals surface area contributed by atoms with Gasteiger partial charge < -0.3 is 20.2 Å². The van der Waals surface area contributed by atoms with Crippen molar-refractivity contribution in [1.82, 2.24) is 4.98 Å². The minimum atomic E-state index is -3.68. The molecule has 4 N–H and O–H groups in total. The number of anilines is 1. The number of methoxy groups -OCH3 is 1. The lowest BCUT2D eigenvalue weighted by Gasteiger charge is -2.13. The number of unbranched alkanes of at least 4 members (excludes halogenated alkanes) is 2. The van der Waals surface area contributed by atoms with E-state index in [1.54, 1.807) is 24.3 Å². The van der Waals surface area contributed by atoms with Crippen LogP contribution in [0.5, 0.6) is 5.75 Å². The number of aromatic amines is 1. The van der Waals surface area contributed by atoms with Crippen LogP contribution in [0.3, 0.4) is 0 Å². The number of amides is 1. The van der Waals surface area contributed by atoms with Gasteiger partial charge in [0, 0.05) is 28.2 Å². The van der Waals surface area contributed by atoms with E-state index in [9.17, 15) is 22.0 Å². The Bertz CT molecular complexity index is 1190. The van der Waals surface area contributed by atoms with Gasteiger partial charge in [0.15, 0.2) is 11.6 Å². The number of hydrogen-bond acceptors (Lipinski definition) is 5. The third-order valence-corrected chi connectivity index (χ3v) is 6.10. The highest BCUT2D eigenvalue weighted by Gasteiger charge is 2.16. The van der Waals surface area contributed by atoms with E-state index in [-0.39, 0.29) is 18.0 Å². The summed E-state index contributed by atoms with van der Waals surface area (Å²) in [6, 6.07) is 8.68. The van der Waals surface area contributed by atoms with Crippen LogP contribution in [0.4, 0.5) is 19.3 Å². The van der Waals surface area contributed by atoms with E-state index in [1.165, 1.54) is 7.11 Å². The average molecular weight is 467 g/mol. The van der Waals surface area contributed by atoms with E-state index in [0.717, 1.165) is 12.1 Å². The highest BCUT2D eigenvalue weighted by molar-refractivity contribution is 7.92. The zero-order valence-corrected chi connectivity index (χ0v) is 18.1. The molecule has 0 atom stereocenters. The van der Waals surface area contributed by atoms with Gasteiger partial charge in [-0.2, -0.15) is 0 Å². The number of primary amides is 1. The van der Waals surface area contributed by atoms with Crippen LogP contribution in [0, 0.1) is 11.6 Å². The summed E-state index contributed by atoms with van der Waals surface area (Å²) in [5.74, 6) is -1.73. The first-order chi connectivity index (χ1) is 15.2. The molecule has 11 heteroatoms. The number of nitrogens with one attached hydrogen (secondary N) is 2. The van der Waals surface area contributed by atoms with Crippen molar-refractivity contribution in [3.63, 3.8) is 0 Å². The molecular formula is C21H23F2N3O5S. The van der Waals surface area contributed by atoms with Crippen molar-refractivity contribution in [3.8, 4) is 17.0 Å². The summed E-state index contributed by atoms with van der Waals surface area (Å²) in [6.07, 6.45) is 0.529. The molecule has 0 aliphatic carbocycles. The third kappa shape index (κ3) is 5.88. The summed E-state index contributed by atoms with van der Waals surface area (Å²) in [4.78, 5) is 13.5. The molecule has 0 saturated carbocycles. The van der Waals surface area contributed by atoms with Crippen molar-refractivity contribution >= 4 is 32.7 Å². The lowest BCUT2D eigenvalue weighted by Crippen LogP contribution is -2.17. The number of rotatable bonds is 10. The number of hydrogen-bond donors (Lipinski definition) is 3. The van der Waals surface area contributed by atoms with Crippen molar-refractivity contribution in [2.45, 2.75) is 19.3 Å². The van der Waals surface area contributed by atoms with Crippen LogP contribution in [0.2, 0.25) is 0 Å². The molecule has 3 rings (SSSR count). The van der Waals surface area contributed by atoms with Gasteiger partial charge in [0.25, 0.3) is 0 Å². The van der Waals surface area contributed by atoms with Crippen LogP contribution in [0.1, 0.15) is 19.3 Å². The van der Waals surface area contributed by atoms with Gasteiger partial charge in [0.05, 0.1) is 25.2 Å². The molecule has 3 aromatic rings. The maximum Gasteiger partial charge on any atom is 0.404 e. The van der Waals surface area contributed by atoms with E-state index in [0.29, 0.717) is 47.2 Å². The first-order valence-corrected chi connectivity index (χ1v) is 11.4. The fraction of sp³-hybridized carbons (Fsp3) is 0.286. The van der Waals surface area contributed by atoms with Gasteiger partial charge in [-0.1, -0.05) is 0 Å². The SMILES string of the molecule is COc1ccc(-c2cc3cc(F)c(F)cc3[nH]2)cc1NS(=O)(=O)CCCCCOC(N)=O. The number of aromatic nitrogens is 1. The van der Waals surface area contributed by atoms with Gasteiger partial charge in [-0.15, -0.1) is 0 Å². The molecule has 0 radical (unpaired) electrons. The Labute approximate surface area is 183 Å². The summed E-state index contributed by atoms with van der Waals surface area (Å²) >= 11 is 0. The maximum atomic E-state index is 13.5. The van der Waals surface area contributed by atoms with Crippen LogP contribution in [0.15, 0.2) is 36.4 Å². The standard InChI is InChI=1S/C21H23F2N3O5S/c1-30-20-6-5-13(17-11-14-9-15(22)16(23)12-18(14)25-17)10-19(20)26-32(28,29)8-4-2-3-7-31-21(24)27/h5-6,9-12,25-26H,2-4,7-8H2,1H3,(H2,24,27). The van der Waals surface area contributed by atoms with Gasteiger partial charge in [-0.25, -0.2) is 22.0 Å². The Balaban J connectivity index is 1.74. The van der Waals surface area contributed by atoms with Crippen molar-refractivity contribution in [1.29, 1.82) is 0 Å². The first kappa shape index (κ1) is 23.3. The predicted octanol–water partition coefficient (Wildman–Crippen LogP) is 4.13. The second-order valence-electron chi connectivity index (χ2n) is 7.10. The number of carbonyl (C=O) groups is 1. The van der Waals surface area contributed by atoms with E-state index in [1.807, 2.05) is 0 Å². The fourth-order valence-electron chi connectivity index (χ4n) is 3.20. The monoisotopic (exact) mass is 467 g/mol. The van der Waals surface area contributed by atoms with Crippen molar-refractivity contribution in [2.24, 2.45) is 5.73 Å². The normalized spacial score (nSPS) is 11.5. The lowest BCUT2D eigenvalue weighted by molar-refractivity contribution is 0.154. The van der Waals surface area contributed by atoms with Gasteiger partial charge in [-0.05, 0) is 49.6 Å². The number of H-pyrrole nitrogens is 1. The smallest absolute Gasteiger partial charge is 0.404 e. The van der Waals surface area contributed by atoms with E-state index < -0.39 is 27.8 Å². The Morgan fingerprint density at radius 1 is 1.09 bits per heavy atom. The van der Waals surface area contributed by atoms with Crippen LogP contribution >= 0.6 is 0 Å². The maximum absolute atomic E-state index is 13.5. The molecular weight excluding hydrogens is 444 g/mol. The Kier molecular flexibility index (Phi) is 7.18. The molecule has 0 fully saturated rings. The molecule has 1 heterocycles. The third-order valence-electron chi connectivity index (χ3n) is 4.74. The molecule has 0 aliphatic rings. The quantitative estimate of drug-likeness (QED) is 0.387. The first-order valence-electron chi connectivity index (χ1n) is 9.77. The topological polar surface area (TPSA) is 124 Å². The highest BCUT2D eigenvalue weighted by atomic mass is 32.2. The summed E-state index contributed by atoms with van der Waals surface area (Å²) in [7, 11) is -2.26. The molecule has 0 bridgehead atoms. The molecule has 0 spiro atoms. The summed E-state index contributed by atoms with van der Waals surface area (Å²) in [5, 5.41) is 0.483. The second-order valence-corrected chi connectivity index (χ2v) is 8.94. The number of nitrogens with two attached hydrogens (primary N) is 1. The van der Waals surface area contributed by atoms with Crippen LogP contribution < -0.4 is 15.2 Å². The number of fused-ring (bicyclic) bond motifs is 1. The minimum Gasteiger partial charge on any atom is -0.495 e. The van der Waals surface area contributed by atoms with Crippen molar-refractivity contribution in [3.05, 3.63) is 48.0 Å². The van der Waals surface area contributed by atoms with E-state index >= 15 is 0 Å². The number of benzene rings is 2. The van der Waals surface area contributed by atoms with Crippen LogP contribution in [0.25, 0.3) is 22.2 Å². The molecule has 1 amide bonds. The van der Waals surface area contributed by atoms with Gasteiger partial charge >= 0.3 is 6.09 Å². The Morgan fingerprint density at radius 3 is 2.56 bits per heavy atom. The Hall–Kier alpha value is -3.34. The molecule has 8 nitrogen and oxygen atoms in total. The molecule has 0 aliphatic heterocycles. The number of sulfonamides is 1. The largest absolute Gasteiger partial charge is 0.495 e. The van der Waals surface area contributed by atoms with E-state index in [4.69, 9.17) is 10.5 Å². The van der Waals surface area contributed by atoms with E-state index in [2.05, 4.69) is 14.4 Å². The minimum absolute atomic E-state index is 0.136. The zero-order valence-electron chi connectivity index (χ0n) is 17.3. The summed E-state index contributed by atoms with van der Waals surface area (Å²) in [6.45, 7) is 0.136. The predicted molar refractivity (Wildman–Crippen MR) is 117 cm³/mol. The molecule has 0 saturated heterocycles. The van der Waals surface area contributed by atoms with Crippen LogP contribution in [-0.2, 0) is 14.8 Å². The average Bonchev–Trinajstić information content (AvgIpc) is 3.13. The fourth-order valence-corrected chi connectivity index (χ4v) is 4.38. The lowest BCUT2D eigenvalue weighted by atomic mass is 10.1. The van der Waals surface area contributed by atoms with Crippen molar-refractivity contribution in [2.75, 3.05) is 24.2 Å². The van der Waals surface area contributed by atoms with Gasteiger partial charge in [0.1, 0.15) is 5.75 Å². The zero-order chi connectivity index (χ0) is 23.3. The number of carbonyl (C=O) groups excluding carboxylic acids is 1. The second kappa shape index (κ2) is 9.86. The number of ether oxygens (including phenoxy) is 2. The molecule has 172 valence electrons.